The van der Waals surface area contributed by atoms with E-state index in [1.807, 2.05) is 13.0 Å². The molecule has 5 aliphatic carbocycles. The molecule has 0 aromatic carbocycles. The predicted octanol–water partition coefficient (Wildman–Crippen LogP) is 5.96. The van der Waals surface area contributed by atoms with Crippen LogP contribution >= 0.6 is 0 Å². The lowest BCUT2D eigenvalue weighted by atomic mass is 9.33. The first-order chi connectivity index (χ1) is 17.4. The van der Waals surface area contributed by atoms with Crippen molar-refractivity contribution < 1.29 is 29.3 Å². The van der Waals surface area contributed by atoms with Gasteiger partial charge in [-0.3, -0.25) is 9.59 Å². The molecular formula is C32H48O6. The SMILES string of the molecule is CC1(C)[C@@H](O)CC[C@]2(C)[C@H]3C(=O)C=C4[C@@H]5C[C@@](C)(C(=O)OCC(=O)O)CC[C@]5(C)CC[C@@]4(C)[C@]3(C)CC[C@@H]12. The van der Waals surface area contributed by atoms with E-state index in [0.29, 0.717) is 18.8 Å². The molecule has 38 heavy (non-hydrogen) atoms. The first-order valence-corrected chi connectivity index (χ1v) is 14.8. The van der Waals surface area contributed by atoms with Crippen LogP contribution < -0.4 is 0 Å². The molecule has 6 nitrogen and oxygen atoms in total. The van der Waals surface area contributed by atoms with Gasteiger partial charge in [-0.25, -0.2) is 4.79 Å². The number of aliphatic hydroxyl groups excluding tert-OH is 1. The van der Waals surface area contributed by atoms with Crippen LogP contribution in [0.25, 0.3) is 0 Å². The number of hydrogen-bond donors (Lipinski definition) is 2. The number of ketones is 1. The molecule has 0 amide bonds. The molecule has 0 unspecified atom stereocenters. The van der Waals surface area contributed by atoms with Gasteiger partial charge in [0.15, 0.2) is 12.4 Å². The minimum atomic E-state index is -1.14. The lowest BCUT2D eigenvalue weighted by Gasteiger charge is -2.70. The van der Waals surface area contributed by atoms with Gasteiger partial charge in [-0.05, 0) is 110 Å². The molecule has 0 heterocycles. The summed E-state index contributed by atoms with van der Waals surface area (Å²) in [4.78, 5) is 38.5. The van der Waals surface area contributed by atoms with Gasteiger partial charge in [0.1, 0.15) is 0 Å². The summed E-state index contributed by atoms with van der Waals surface area (Å²) in [7, 11) is 0. The number of esters is 1. The van der Waals surface area contributed by atoms with Gasteiger partial charge in [0.25, 0.3) is 0 Å². The molecule has 4 saturated carbocycles. The average molecular weight is 529 g/mol. The second kappa shape index (κ2) is 8.41. The second-order valence-electron chi connectivity index (χ2n) is 15.6. The Morgan fingerprint density at radius 1 is 0.947 bits per heavy atom. The van der Waals surface area contributed by atoms with E-state index in [9.17, 15) is 19.5 Å². The first kappa shape index (κ1) is 27.9. The minimum Gasteiger partial charge on any atom is -0.479 e. The van der Waals surface area contributed by atoms with Crippen molar-refractivity contribution in [2.24, 2.45) is 50.2 Å². The monoisotopic (exact) mass is 528 g/mol. The summed E-state index contributed by atoms with van der Waals surface area (Å²) in [6.45, 7) is 15.1. The van der Waals surface area contributed by atoms with E-state index >= 15 is 0 Å². The Labute approximate surface area is 228 Å². The smallest absolute Gasteiger partial charge is 0.341 e. The second-order valence-corrected chi connectivity index (χ2v) is 15.6. The molecule has 2 N–H and O–H groups in total. The summed E-state index contributed by atoms with van der Waals surface area (Å²) in [5.74, 6) is -1.02. The molecule has 5 aliphatic rings. The highest BCUT2D eigenvalue weighted by Crippen LogP contribution is 2.75. The maximum Gasteiger partial charge on any atom is 0.341 e. The predicted molar refractivity (Wildman–Crippen MR) is 144 cm³/mol. The third-order valence-corrected chi connectivity index (χ3v) is 13.4. The number of carbonyl (C=O) groups is 3. The fraction of sp³-hybridized carbons (Fsp3) is 0.844. The summed E-state index contributed by atoms with van der Waals surface area (Å²) in [6.07, 6.45) is 9.50. The molecule has 0 spiro atoms. The maximum atomic E-state index is 14.3. The highest BCUT2D eigenvalue weighted by Gasteiger charge is 2.70. The molecule has 0 saturated heterocycles. The Bertz CT molecular complexity index is 1090. The van der Waals surface area contributed by atoms with Gasteiger partial charge in [0.05, 0.1) is 11.5 Å². The molecule has 6 heteroatoms. The number of carboxylic acids is 1. The van der Waals surface area contributed by atoms with E-state index in [0.717, 1.165) is 44.9 Å². The molecule has 0 aromatic rings. The van der Waals surface area contributed by atoms with Crippen LogP contribution in [0.2, 0.25) is 0 Å². The summed E-state index contributed by atoms with van der Waals surface area (Å²) in [6, 6.07) is 0. The van der Waals surface area contributed by atoms with Crippen molar-refractivity contribution in [3.63, 3.8) is 0 Å². The Morgan fingerprint density at radius 3 is 2.26 bits per heavy atom. The zero-order valence-electron chi connectivity index (χ0n) is 24.5. The van der Waals surface area contributed by atoms with Gasteiger partial charge in [0, 0.05) is 5.92 Å². The standard InChI is InChI=1S/C32H48O6/c1-27(2)22-8-11-32(7)25(30(22,5)10-9-23(27)34)21(33)16-19-20-17-29(4,26(37)38-18-24(35)36)13-12-28(20,3)14-15-31(19,32)6/h16,20,22-23,25,34H,8-15,17-18H2,1-7H3,(H,35,36)/t20-,22-,23-,25+,28+,29-,30-,31+,32+/m0/s1. The van der Waals surface area contributed by atoms with Gasteiger partial charge >= 0.3 is 11.9 Å². The molecule has 0 aromatic heterocycles. The van der Waals surface area contributed by atoms with E-state index in [2.05, 4.69) is 41.5 Å². The number of rotatable bonds is 3. The topological polar surface area (TPSA) is 101 Å². The molecule has 212 valence electrons. The van der Waals surface area contributed by atoms with Crippen molar-refractivity contribution in [2.75, 3.05) is 6.61 Å². The summed E-state index contributed by atoms with van der Waals surface area (Å²) in [5.41, 5.74) is -0.216. The lowest BCUT2D eigenvalue weighted by Crippen LogP contribution is -2.66. The molecule has 0 bridgehead atoms. The third-order valence-electron chi connectivity index (χ3n) is 13.4. The van der Waals surface area contributed by atoms with Gasteiger partial charge in [-0.2, -0.15) is 0 Å². The molecule has 4 fully saturated rings. The van der Waals surface area contributed by atoms with Crippen molar-refractivity contribution in [3.8, 4) is 0 Å². The highest BCUT2D eigenvalue weighted by atomic mass is 16.6. The van der Waals surface area contributed by atoms with Crippen LogP contribution in [0.15, 0.2) is 11.6 Å². The number of carbonyl (C=O) groups excluding carboxylic acids is 2. The van der Waals surface area contributed by atoms with Crippen molar-refractivity contribution in [3.05, 3.63) is 11.6 Å². The van der Waals surface area contributed by atoms with Gasteiger partial charge in [0.2, 0.25) is 0 Å². The fourth-order valence-corrected chi connectivity index (χ4v) is 10.7. The van der Waals surface area contributed by atoms with Crippen molar-refractivity contribution in [1.29, 1.82) is 0 Å². The van der Waals surface area contributed by atoms with Crippen LogP contribution in [0.1, 0.15) is 106 Å². The summed E-state index contributed by atoms with van der Waals surface area (Å²) in [5, 5.41) is 19.9. The quantitative estimate of drug-likeness (QED) is 0.439. The fourth-order valence-electron chi connectivity index (χ4n) is 10.7. The molecular weight excluding hydrogens is 480 g/mol. The van der Waals surface area contributed by atoms with Crippen LogP contribution in [0.5, 0.6) is 0 Å². The summed E-state index contributed by atoms with van der Waals surface area (Å²) >= 11 is 0. The van der Waals surface area contributed by atoms with E-state index in [1.54, 1.807) is 0 Å². The Balaban J connectivity index is 1.55. The maximum absolute atomic E-state index is 14.3. The van der Waals surface area contributed by atoms with E-state index in [1.165, 1.54) is 5.57 Å². The van der Waals surface area contributed by atoms with E-state index < -0.39 is 24.0 Å². The number of ether oxygens (including phenoxy) is 1. The Hall–Kier alpha value is -1.69. The van der Waals surface area contributed by atoms with Crippen molar-refractivity contribution in [2.45, 2.75) is 112 Å². The lowest BCUT2D eigenvalue weighted by molar-refractivity contribution is -0.202. The van der Waals surface area contributed by atoms with Crippen LogP contribution in [0.3, 0.4) is 0 Å². The number of carboxylic acid groups (broad SMARTS) is 1. The number of aliphatic carboxylic acids is 1. The van der Waals surface area contributed by atoms with Crippen molar-refractivity contribution in [1.82, 2.24) is 0 Å². The number of hydrogen-bond acceptors (Lipinski definition) is 5. The minimum absolute atomic E-state index is 0.0133. The van der Waals surface area contributed by atoms with E-state index in [-0.39, 0.29) is 50.8 Å². The van der Waals surface area contributed by atoms with Crippen LogP contribution in [-0.4, -0.2) is 40.6 Å². The number of fused-ring (bicyclic) bond motifs is 7. The Kier molecular flexibility index (Phi) is 6.16. The average Bonchev–Trinajstić information content (AvgIpc) is 2.82. The summed E-state index contributed by atoms with van der Waals surface area (Å²) < 4.78 is 5.20. The zero-order valence-corrected chi connectivity index (χ0v) is 24.5. The number of allylic oxidation sites excluding steroid dienone is 2. The Morgan fingerprint density at radius 2 is 1.61 bits per heavy atom. The molecule has 9 atom stereocenters. The van der Waals surface area contributed by atoms with Gasteiger partial charge in [-0.15, -0.1) is 0 Å². The van der Waals surface area contributed by atoms with Crippen LogP contribution in [0.4, 0.5) is 0 Å². The van der Waals surface area contributed by atoms with Gasteiger partial charge in [-0.1, -0.05) is 47.1 Å². The molecule has 5 rings (SSSR count). The van der Waals surface area contributed by atoms with Crippen LogP contribution in [0, 0.1) is 50.2 Å². The van der Waals surface area contributed by atoms with Crippen molar-refractivity contribution >= 4 is 17.7 Å². The third kappa shape index (κ3) is 3.57. The van der Waals surface area contributed by atoms with Crippen LogP contribution in [-0.2, 0) is 19.1 Å². The first-order valence-electron chi connectivity index (χ1n) is 14.8. The van der Waals surface area contributed by atoms with Gasteiger partial charge < -0.3 is 14.9 Å². The highest BCUT2D eigenvalue weighted by molar-refractivity contribution is 5.95. The zero-order chi connectivity index (χ0) is 28.1. The van der Waals surface area contributed by atoms with E-state index in [4.69, 9.17) is 9.84 Å². The largest absolute Gasteiger partial charge is 0.479 e. The molecule has 0 aliphatic heterocycles. The number of aliphatic hydroxyl groups is 1. The molecule has 0 radical (unpaired) electrons. The normalized spacial score (nSPS) is 49.5.